The topological polar surface area (TPSA) is 0 Å². The predicted molar refractivity (Wildman–Crippen MR) is 141 cm³/mol. The first-order chi connectivity index (χ1) is 16.3. The van der Waals surface area contributed by atoms with Crippen molar-refractivity contribution in [2.24, 2.45) is 0 Å². The van der Waals surface area contributed by atoms with Crippen LogP contribution < -0.4 is 0 Å². The maximum absolute atomic E-state index is 15.3. The smallest absolute Gasteiger partial charge is 0.194 e. The van der Waals surface area contributed by atoms with E-state index in [9.17, 15) is 8.78 Å². The van der Waals surface area contributed by atoms with E-state index in [1.807, 2.05) is 0 Å². The molecule has 0 radical (unpaired) electrons. The molecule has 0 saturated carbocycles. The van der Waals surface area contributed by atoms with Crippen molar-refractivity contribution < 1.29 is 26.3 Å². The lowest BCUT2D eigenvalue weighted by Gasteiger charge is -2.25. The molecule has 0 saturated heterocycles. The van der Waals surface area contributed by atoms with Crippen LogP contribution in [-0.2, 0) is 0 Å². The van der Waals surface area contributed by atoms with Crippen molar-refractivity contribution in [1.82, 2.24) is 0 Å². The van der Waals surface area contributed by atoms with E-state index in [-0.39, 0.29) is 20.9 Å². The summed E-state index contributed by atoms with van der Waals surface area (Å²) in [6.45, 7) is 2.94. The third-order valence-corrected chi connectivity index (χ3v) is 10.8. The number of aryl methyl sites for hydroxylation is 2. The molecule has 4 heterocycles. The summed E-state index contributed by atoms with van der Waals surface area (Å²) in [5.41, 5.74) is -3.22. The lowest BCUT2D eigenvalue weighted by atomic mass is 9.95. The Hall–Kier alpha value is -1.18. The van der Waals surface area contributed by atoms with Gasteiger partial charge in [0, 0.05) is 40.4 Å². The van der Waals surface area contributed by atoms with Gasteiger partial charge in [-0.1, -0.05) is 0 Å². The van der Waals surface area contributed by atoms with Gasteiger partial charge in [0.05, 0.1) is 8.42 Å². The van der Waals surface area contributed by atoms with Gasteiger partial charge in [0.1, 0.15) is 0 Å². The molecule has 0 spiro atoms. The highest BCUT2D eigenvalue weighted by Crippen LogP contribution is 2.66. The molecule has 0 atom stereocenters. The van der Waals surface area contributed by atoms with Gasteiger partial charge in [-0.05, 0) is 61.4 Å². The monoisotopic (exact) mass is 596 g/mol. The minimum Gasteiger partial charge on any atom is -0.194 e. The largest absolute Gasteiger partial charge is 0.380 e. The Labute approximate surface area is 223 Å². The maximum atomic E-state index is 15.3. The Morgan fingerprint density at radius 3 is 1.26 bits per heavy atom. The van der Waals surface area contributed by atoms with E-state index >= 15 is 17.6 Å². The highest BCUT2D eigenvalue weighted by atomic mass is 32.2. The van der Waals surface area contributed by atoms with Gasteiger partial charge in [0.15, 0.2) is 0 Å². The zero-order valence-corrected chi connectivity index (χ0v) is 22.8. The Kier molecular flexibility index (Phi) is 6.13. The summed E-state index contributed by atoms with van der Waals surface area (Å²) in [6.07, 6.45) is 0. The lowest BCUT2D eigenvalue weighted by molar-refractivity contribution is -0.254. The fraction of sp³-hybridized carbons (Fsp3) is 0.217. The van der Waals surface area contributed by atoms with Crippen LogP contribution in [0.1, 0.15) is 20.9 Å². The molecular formula is C23H14F6S6. The Balaban J connectivity index is 1.78. The van der Waals surface area contributed by atoms with E-state index in [0.29, 0.717) is 27.9 Å². The molecule has 0 N–H and O–H groups in total. The molecule has 1 aliphatic rings. The van der Waals surface area contributed by atoms with E-state index < -0.39 is 28.9 Å². The number of thiophene rings is 4. The summed E-state index contributed by atoms with van der Waals surface area (Å²) in [6, 6.07) is 9.47. The van der Waals surface area contributed by atoms with Crippen LogP contribution in [0.2, 0.25) is 0 Å². The van der Waals surface area contributed by atoms with E-state index in [2.05, 4.69) is 25.3 Å². The molecule has 0 aromatic carbocycles. The standard InChI is InChI=1S/C23H14F6S6/c1-9-11(7-15(32-9)13-3-5-17(30)34-13)19-20(22(26,27)23(28,29)21(19,24)25)12-8-16(33-10(12)2)14-4-6-18(31)35-14/h3-8,30-31H,1-2H3. The first-order valence-electron chi connectivity index (χ1n) is 9.94. The van der Waals surface area contributed by atoms with Crippen LogP contribution in [0.4, 0.5) is 26.3 Å². The second kappa shape index (κ2) is 8.42. The number of hydrogen-bond acceptors (Lipinski definition) is 6. The number of hydrogen-bond donors (Lipinski definition) is 2. The van der Waals surface area contributed by atoms with Crippen molar-refractivity contribution in [3.8, 4) is 19.5 Å². The Morgan fingerprint density at radius 1 is 0.571 bits per heavy atom. The number of allylic oxidation sites excluding steroid dienone is 2. The van der Waals surface area contributed by atoms with Crippen molar-refractivity contribution in [2.45, 2.75) is 40.0 Å². The number of rotatable bonds is 4. The average Bonchev–Trinajstić information content (AvgIpc) is 3.54. The van der Waals surface area contributed by atoms with Gasteiger partial charge in [-0.2, -0.15) is 26.3 Å². The average molecular weight is 597 g/mol. The van der Waals surface area contributed by atoms with E-state index in [0.717, 1.165) is 22.7 Å². The van der Waals surface area contributed by atoms with Crippen LogP contribution in [0.15, 0.2) is 44.8 Å². The van der Waals surface area contributed by atoms with Crippen molar-refractivity contribution in [2.75, 3.05) is 0 Å². The van der Waals surface area contributed by atoms with Gasteiger partial charge in [-0.3, -0.25) is 0 Å². The lowest BCUT2D eigenvalue weighted by Crippen LogP contribution is -2.48. The minimum absolute atomic E-state index is 0.251. The van der Waals surface area contributed by atoms with Crippen LogP contribution in [0.5, 0.6) is 0 Å². The number of alkyl halides is 6. The molecule has 12 heteroatoms. The van der Waals surface area contributed by atoms with Crippen molar-refractivity contribution >= 4 is 81.8 Å². The SMILES string of the molecule is Cc1sc(-c2ccc(S)s2)cc1C1=C(c2cc(-c3ccc(S)s3)sc2C)C(F)(F)C(F)(F)C1(F)F. The minimum atomic E-state index is -5.59. The highest BCUT2D eigenvalue weighted by Gasteiger charge is 2.80. The molecule has 0 bridgehead atoms. The van der Waals surface area contributed by atoms with Crippen LogP contribution in [0.3, 0.4) is 0 Å². The van der Waals surface area contributed by atoms with Gasteiger partial charge >= 0.3 is 17.8 Å². The van der Waals surface area contributed by atoms with Gasteiger partial charge in [-0.15, -0.1) is 70.6 Å². The van der Waals surface area contributed by atoms with Crippen molar-refractivity contribution in [3.63, 3.8) is 0 Å². The summed E-state index contributed by atoms with van der Waals surface area (Å²) in [7, 11) is 0. The van der Waals surface area contributed by atoms with Gasteiger partial charge in [-0.25, -0.2) is 0 Å². The van der Waals surface area contributed by atoms with Crippen LogP contribution in [-0.4, -0.2) is 17.8 Å². The molecule has 0 aliphatic heterocycles. The second-order valence-electron chi connectivity index (χ2n) is 7.91. The van der Waals surface area contributed by atoms with Crippen molar-refractivity contribution in [1.29, 1.82) is 0 Å². The fourth-order valence-corrected chi connectivity index (χ4v) is 8.50. The zero-order valence-electron chi connectivity index (χ0n) is 17.8. The Bertz CT molecular complexity index is 1370. The molecule has 0 amide bonds. The predicted octanol–water partition coefficient (Wildman–Crippen LogP) is 10.3. The Morgan fingerprint density at radius 2 is 0.943 bits per heavy atom. The van der Waals surface area contributed by atoms with E-state index in [4.69, 9.17) is 0 Å². The second-order valence-corrected chi connectivity index (χ2v) is 14.2. The molecular weight excluding hydrogens is 583 g/mol. The summed E-state index contributed by atoms with van der Waals surface area (Å²) >= 11 is 13.2. The molecule has 1 aliphatic carbocycles. The summed E-state index contributed by atoms with van der Waals surface area (Å²) in [5, 5.41) is 0. The van der Waals surface area contributed by atoms with E-state index in [1.54, 1.807) is 24.3 Å². The van der Waals surface area contributed by atoms with Gasteiger partial charge < -0.3 is 0 Å². The first kappa shape index (κ1) is 25.5. The molecule has 5 rings (SSSR count). The number of halogens is 6. The molecule has 4 aromatic rings. The molecule has 0 fully saturated rings. The van der Waals surface area contributed by atoms with Crippen LogP contribution in [0, 0.1) is 13.8 Å². The third kappa shape index (κ3) is 3.78. The molecule has 35 heavy (non-hydrogen) atoms. The quantitative estimate of drug-likeness (QED) is 0.170. The summed E-state index contributed by atoms with van der Waals surface area (Å²) in [5.74, 6) is -15.7. The first-order valence-corrected chi connectivity index (χ1v) is 14.1. The van der Waals surface area contributed by atoms with Crippen LogP contribution >= 0.6 is 70.6 Å². The molecule has 0 unspecified atom stereocenters. The van der Waals surface area contributed by atoms with Crippen molar-refractivity contribution in [3.05, 3.63) is 57.3 Å². The summed E-state index contributed by atoms with van der Waals surface area (Å²) in [4.78, 5) is 2.91. The number of thiol groups is 2. The molecule has 184 valence electrons. The van der Waals surface area contributed by atoms with Crippen LogP contribution in [0.25, 0.3) is 30.7 Å². The third-order valence-electron chi connectivity index (χ3n) is 5.71. The highest BCUT2D eigenvalue weighted by molar-refractivity contribution is 7.83. The summed E-state index contributed by atoms with van der Waals surface area (Å²) < 4.78 is 91.9. The maximum Gasteiger partial charge on any atom is 0.380 e. The van der Waals surface area contributed by atoms with E-state index in [1.165, 1.54) is 48.7 Å². The van der Waals surface area contributed by atoms with Gasteiger partial charge in [0.25, 0.3) is 0 Å². The molecule has 4 aromatic heterocycles. The zero-order chi connectivity index (χ0) is 25.5. The van der Waals surface area contributed by atoms with Gasteiger partial charge in [0.2, 0.25) is 0 Å². The fourth-order valence-electron chi connectivity index (χ4n) is 4.06. The normalized spacial score (nSPS) is 18.6. The molecule has 0 nitrogen and oxygen atoms in total.